The molecule has 0 atom stereocenters. The lowest BCUT2D eigenvalue weighted by atomic mass is 10.1. The fourth-order valence-corrected chi connectivity index (χ4v) is 2.81. The van der Waals surface area contributed by atoms with Gasteiger partial charge < -0.3 is 9.15 Å². The third kappa shape index (κ3) is 3.31. The van der Waals surface area contributed by atoms with Gasteiger partial charge in [-0.25, -0.2) is 9.69 Å². The Kier molecular flexibility index (Phi) is 4.65. The van der Waals surface area contributed by atoms with Gasteiger partial charge in [-0.1, -0.05) is 11.6 Å². The summed E-state index contributed by atoms with van der Waals surface area (Å²) in [6.45, 7) is 0. The maximum atomic E-state index is 12.7. The fraction of sp³-hybridized carbons (Fsp3) is 0.0625. The van der Waals surface area contributed by atoms with E-state index in [-0.39, 0.29) is 22.0 Å². The number of rotatable bonds is 3. The number of amides is 4. The van der Waals surface area contributed by atoms with Gasteiger partial charge in [-0.15, -0.1) is 0 Å². The predicted molar refractivity (Wildman–Crippen MR) is 93.4 cm³/mol. The number of benzene rings is 1. The number of nitrogens with one attached hydrogen (secondary N) is 1. The Morgan fingerprint density at radius 2 is 2.00 bits per heavy atom. The summed E-state index contributed by atoms with van der Waals surface area (Å²) in [4.78, 5) is 37.6. The normalized spacial score (nSPS) is 16.4. The number of methoxy groups -OCH3 is 1. The third-order valence-corrected chi connectivity index (χ3v) is 4.10. The molecule has 25 heavy (non-hydrogen) atoms. The molecule has 1 aliphatic heterocycles. The molecule has 0 radical (unpaired) electrons. The molecule has 3 rings (SSSR count). The largest absolute Gasteiger partial charge is 0.495 e. The zero-order chi connectivity index (χ0) is 18.1. The predicted octanol–water partition coefficient (Wildman–Crippen LogP) is 3.37. The first-order chi connectivity index (χ1) is 11.9. The summed E-state index contributed by atoms with van der Waals surface area (Å²) in [6.07, 6.45) is 1.26. The van der Waals surface area contributed by atoms with Gasteiger partial charge in [0.15, 0.2) is 4.67 Å². The number of halogens is 2. The first kappa shape index (κ1) is 17.2. The monoisotopic (exact) mass is 424 g/mol. The number of anilines is 1. The Morgan fingerprint density at radius 3 is 2.60 bits per heavy atom. The van der Waals surface area contributed by atoms with E-state index in [1.807, 2.05) is 0 Å². The minimum absolute atomic E-state index is 0.201. The first-order valence-corrected chi connectivity index (χ1v) is 8.08. The van der Waals surface area contributed by atoms with Gasteiger partial charge in [0.25, 0.3) is 11.8 Å². The van der Waals surface area contributed by atoms with Gasteiger partial charge in [-0.3, -0.25) is 14.9 Å². The summed E-state index contributed by atoms with van der Waals surface area (Å²) in [5.41, 5.74) is -0.0410. The number of nitrogens with zero attached hydrogens (tertiary/aromatic N) is 1. The summed E-state index contributed by atoms with van der Waals surface area (Å²) in [5.74, 6) is -0.920. The molecule has 9 heteroatoms. The van der Waals surface area contributed by atoms with E-state index in [1.165, 1.54) is 31.4 Å². The van der Waals surface area contributed by atoms with Gasteiger partial charge >= 0.3 is 6.03 Å². The topological polar surface area (TPSA) is 88.8 Å². The van der Waals surface area contributed by atoms with Gasteiger partial charge in [0.05, 0.1) is 17.8 Å². The molecule has 0 bridgehead atoms. The number of carbonyl (C=O) groups excluding carboxylic acids is 3. The summed E-state index contributed by atoms with van der Waals surface area (Å²) >= 11 is 9.18. The van der Waals surface area contributed by atoms with Crippen LogP contribution in [0.3, 0.4) is 0 Å². The number of furan rings is 1. The SMILES string of the molecule is COc1ccc(N2C(=O)NC(=O)/C(=C\c3ccc(Br)o3)C2=O)cc1Cl. The van der Waals surface area contributed by atoms with Gasteiger partial charge in [-0.05, 0) is 52.3 Å². The summed E-state index contributed by atoms with van der Waals surface area (Å²) < 4.78 is 10.8. The number of imide groups is 2. The van der Waals surface area contributed by atoms with E-state index in [0.717, 1.165) is 4.90 Å². The van der Waals surface area contributed by atoms with E-state index in [1.54, 1.807) is 12.1 Å². The Bertz CT molecular complexity index is 921. The van der Waals surface area contributed by atoms with E-state index in [0.29, 0.717) is 10.4 Å². The Morgan fingerprint density at radius 1 is 1.24 bits per heavy atom. The van der Waals surface area contributed by atoms with Crippen LogP contribution >= 0.6 is 27.5 Å². The van der Waals surface area contributed by atoms with E-state index in [9.17, 15) is 14.4 Å². The molecule has 1 aromatic heterocycles. The smallest absolute Gasteiger partial charge is 0.335 e. The zero-order valence-electron chi connectivity index (χ0n) is 12.7. The quantitative estimate of drug-likeness (QED) is 0.602. The highest BCUT2D eigenvalue weighted by atomic mass is 79.9. The summed E-state index contributed by atoms with van der Waals surface area (Å²) in [7, 11) is 1.45. The molecule has 1 saturated heterocycles. The summed E-state index contributed by atoms with van der Waals surface area (Å²) in [6, 6.07) is 6.72. The molecule has 128 valence electrons. The highest BCUT2D eigenvalue weighted by Crippen LogP contribution is 2.31. The maximum Gasteiger partial charge on any atom is 0.335 e. The molecule has 4 amide bonds. The molecule has 1 N–H and O–H groups in total. The van der Waals surface area contributed by atoms with Crippen molar-refractivity contribution in [1.29, 1.82) is 0 Å². The number of urea groups is 1. The number of barbiturate groups is 1. The lowest BCUT2D eigenvalue weighted by molar-refractivity contribution is -0.122. The average Bonchev–Trinajstić information content (AvgIpc) is 2.96. The van der Waals surface area contributed by atoms with Gasteiger partial charge in [0.2, 0.25) is 0 Å². The average molecular weight is 426 g/mol. The van der Waals surface area contributed by atoms with Crippen molar-refractivity contribution in [1.82, 2.24) is 5.32 Å². The molecular formula is C16H10BrClN2O5. The van der Waals surface area contributed by atoms with Gasteiger partial charge in [-0.2, -0.15) is 0 Å². The van der Waals surface area contributed by atoms with Gasteiger partial charge in [0.1, 0.15) is 17.1 Å². The molecule has 2 aromatic rings. The second-order valence-electron chi connectivity index (χ2n) is 4.92. The third-order valence-electron chi connectivity index (χ3n) is 3.38. The molecule has 0 spiro atoms. The Labute approximate surface area is 155 Å². The van der Waals surface area contributed by atoms with Crippen molar-refractivity contribution >= 4 is 57.1 Å². The first-order valence-electron chi connectivity index (χ1n) is 6.91. The molecule has 1 fully saturated rings. The van der Waals surface area contributed by atoms with Crippen molar-refractivity contribution in [3.05, 3.63) is 51.4 Å². The lowest BCUT2D eigenvalue weighted by Gasteiger charge is -2.26. The number of carbonyl (C=O) groups is 3. The minimum atomic E-state index is -0.867. The number of hydrogen-bond acceptors (Lipinski definition) is 5. The van der Waals surface area contributed by atoms with Crippen molar-refractivity contribution in [2.24, 2.45) is 0 Å². The van der Waals surface area contributed by atoms with Crippen molar-refractivity contribution in [3.63, 3.8) is 0 Å². The molecule has 0 unspecified atom stereocenters. The van der Waals surface area contributed by atoms with E-state index < -0.39 is 17.8 Å². The molecule has 1 aromatic carbocycles. The highest BCUT2D eigenvalue weighted by Gasteiger charge is 2.37. The van der Waals surface area contributed by atoms with Crippen LogP contribution in [0.25, 0.3) is 6.08 Å². The number of hydrogen-bond donors (Lipinski definition) is 1. The zero-order valence-corrected chi connectivity index (χ0v) is 15.1. The molecule has 2 heterocycles. The van der Waals surface area contributed by atoms with Crippen molar-refractivity contribution in [2.45, 2.75) is 0 Å². The van der Waals surface area contributed by atoms with Crippen LogP contribution in [0.2, 0.25) is 5.02 Å². The highest BCUT2D eigenvalue weighted by molar-refractivity contribution is 9.10. The van der Waals surface area contributed by atoms with Crippen LogP contribution in [-0.4, -0.2) is 25.0 Å². The van der Waals surface area contributed by atoms with E-state index >= 15 is 0 Å². The van der Waals surface area contributed by atoms with Crippen LogP contribution < -0.4 is 15.0 Å². The molecular weight excluding hydrogens is 416 g/mol. The standard InChI is InChI=1S/C16H10BrClN2O5/c1-24-12-4-2-8(6-11(12)18)20-15(22)10(14(21)19-16(20)23)7-9-3-5-13(17)25-9/h2-7H,1H3,(H,19,21,23)/b10-7+. The Hall–Kier alpha value is -2.58. The van der Waals surface area contributed by atoms with Crippen molar-refractivity contribution in [2.75, 3.05) is 12.0 Å². The van der Waals surface area contributed by atoms with Crippen LogP contribution in [0.4, 0.5) is 10.5 Å². The maximum absolute atomic E-state index is 12.7. The van der Waals surface area contributed by atoms with Gasteiger partial charge in [0, 0.05) is 0 Å². The Balaban J connectivity index is 2.01. The molecule has 1 aliphatic rings. The van der Waals surface area contributed by atoms with Crippen LogP contribution in [0.1, 0.15) is 5.76 Å². The van der Waals surface area contributed by atoms with E-state index in [4.69, 9.17) is 20.8 Å². The second kappa shape index (κ2) is 6.73. The molecule has 7 nitrogen and oxygen atoms in total. The number of ether oxygens (including phenoxy) is 1. The van der Waals surface area contributed by atoms with Crippen LogP contribution in [0.5, 0.6) is 5.75 Å². The lowest BCUT2D eigenvalue weighted by Crippen LogP contribution is -2.54. The second-order valence-corrected chi connectivity index (χ2v) is 6.11. The van der Waals surface area contributed by atoms with E-state index in [2.05, 4.69) is 21.2 Å². The van der Waals surface area contributed by atoms with Crippen LogP contribution in [-0.2, 0) is 9.59 Å². The molecule has 0 aliphatic carbocycles. The minimum Gasteiger partial charge on any atom is -0.495 e. The molecule has 0 saturated carbocycles. The summed E-state index contributed by atoms with van der Waals surface area (Å²) in [5, 5.41) is 2.34. The fourth-order valence-electron chi connectivity index (χ4n) is 2.23. The van der Waals surface area contributed by atoms with Crippen molar-refractivity contribution < 1.29 is 23.5 Å². The van der Waals surface area contributed by atoms with Crippen LogP contribution in [0, 0.1) is 0 Å². The van der Waals surface area contributed by atoms with Crippen molar-refractivity contribution in [3.8, 4) is 5.75 Å². The van der Waals surface area contributed by atoms with Crippen LogP contribution in [0.15, 0.2) is 45.0 Å².